The third-order valence-electron chi connectivity index (χ3n) is 4.04. The summed E-state index contributed by atoms with van der Waals surface area (Å²) in [6.45, 7) is 0.549. The molecule has 23 heavy (non-hydrogen) atoms. The molecule has 0 bridgehead atoms. The number of hydrogen-bond acceptors (Lipinski definition) is 3. The third kappa shape index (κ3) is 3.59. The molecule has 0 aromatic heterocycles. The highest BCUT2D eigenvalue weighted by atomic mass is 35.5. The molecule has 1 unspecified atom stereocenters. The molecule has 0 saturated heterocycles. The van der Waals surface area contributed by atoms with E-state index in [1.807, 2.05) is 36.4 Å². The summed E-state index contributed by atoms with van der Waals surface area (Å²) < 4.78 is 5.61. The number of anilines is 1. The second kappa shape index (κ2) is 6.92. The molecule has 0 aliphatic carbocycles. The van der Waals surface area contributed by atoms with E-state index in [2.05, 4.69) is 5.32 Å². The average molecular weight is 331 g/mol. The Labute approximate surface area is 140 Å². The summed E-state index contributed by atoms with van der Waals surface area (Å²) in [5.74, 6) is 0.684. The van der Waals surface area contributed by atoms with Gasteiger partial charge in [0.25, 0.3) is 0 Å². The van der Waals surface area contributed by atoms with Crippen LogP contribution in [0, 0.1) is 0 Å². The number of nitrogens with one attached hydrogen (secondary N) is 1. The first-order chi connectivity index (χ1) is 11.1. The summed E-state index contributed by atoms with van der Waals surface area (Å²) in [5.41, 5.74) is 8.57. The van der Waals surface area contributed by atoms with Gasteiger partial charge in [-0.05, 0) is 24.1 Å². The second-order valence-electron chi connectivity index (χ2n) is 5.61. The molecular formula is C18H19ClN2O2. The van der Waals surface area contributed by atoms with Gasteiger partial charge in [-0.25, -0.2) is 0 Å². The van der Waals surface area contributed by atoms with Gasteiger partial charge in [-0.3, -0.25) is 4.79 Å². The summed E-state index contributed by atoms with van der Waals surface area (Å²) in [5, 5.41) is 3.66. The number of benzene rings is 2. The van der Waals surface area contributed by atoms with Crippen LogP contribution in [0.4, 0.5) is 5.69 Å². The van der Waals surface area contributed by atoms with Crippen molar-refractivity contribution in [1.29, 1.82) is 0 Å². The highest BCUT2D eigenvalue weighted by Crippen LogP contribution is 2.37. The van der Waals surface area contributed by atoms with Crippen LogP contribution in [0.25, 0.3) is 0 Å². The first-order valence-corrected chi connectivity index (χ1v) is 8.07. The Bertz CT molecular complexity index is 718. The standard InChI is InChI=1S/C18H19ClN2O2/c19-14-6-3-5-13-16(10-11-23-18(13)14)21-17(22)9-8-12-4-1-2-7-15(12)20/h1-7,16H,8-11,20H2,(H,21,22). The zero-order valence-electron chi connectivity index (χ0n) is 12.7. The SMILES string of the molecule is Nc1ccccc1CCC(=O)NC1CCOc2c(Cl)cccc21. The molecule has 0 fully saturated rings. The Balaban J connectivity index is 1.63. The molecular weight excluding hydrogens is 312 g/mol. The van der Waals surface area contributed by atoms with E-state index in [-0.39, 0.29) is 11.9 Å². The van der Waals surface area contributed by atoms with Crippen molar-refractivity contribution in [2.75, 3.05) is 12.3 Å². The lowest BCUT2D eigenvalue weighted by Crippen LogP contribution is -2.32. The fourth-order valence-corrected chi connectivity index (χ4v) is 3.05. The number of amides is 1. The quantitative estimate of drug-likeness (QED) is 0.843. The van der Waals surface area contributed by atoms with Gasteiger partial charge in [-0.15, -0.1) is 0 Å². The van der Waals surface area contributed by atoms with Gasteiger partial charge in [0.15, 0.2) is 0 Å². The van der Waals surface area contributed by atoms with Crippen LogP contribution >= 0.6 is 11.6 Å². The molecule has 0 spiro atoms. The smallest absolute Gasteiger partial charge is 0.220 e. The van der Waals surface area contributed by atoms with E-state index < -0.39 is 0 Å². The van der Waals surface area contributed by atoms with Crippen LogP contribution in [0.3, 0.4) is 0 Å². The highest BCUT2D eigenvalue weighted by molar-refractivity contribution is 6.32. The maximum Gasteiger partial charge on any atom is 0.220 e. The lowest BCUT2D eigenvalue weighted by molar-refractivity contribution is -0.122. The molecule has 1 aliphatic rings. The predicted octanol–water partition coefficient (Wildman–Crippen LogP) is 3.49. The number of nitrogen functional groups attached to an aromatic ring is 1. The van der Waals surface area contributed by atoms with Crippen LogP contribution in [0.1, 0.15) is 30.0 Å². The lowest BCUT2D eigenvalue weighted by Gasteiger charge is -2.27. The number of nitrogens with two attached hydrogens (primary N) is 1. The van der Waals surface area contributed by atoms with E-state index in [9.17, 15) is 4.79 Å². The summed E-state index contributed by atoms with van der Waals surface area (Å²) in [6, 6.07) is 13.2. The molecule has 1 heterocycles. The van der Waals surface area contributed by atoms with Gasteiger partial charge in [0, 0.05) is 24.1 Å². The van der Waals surface area contributed by atoms with Crippen molar-refractivity contribution in [3.05, 3.63) is 58.6 Å². The molecule has 2 aromatic carbocycles. The average Bonchev–Trinajstić information content (AvgIpc) is 2.55. The van der Waals surface area contributed by atoms with Crippen molar-refractivity contribution in [2.24, 2.45) is 0 Å². The van der Waals surface area contributed by atoms with Gasteiger partial charge in [-0.2, -0.15) is 0 Å². The first-order valence-electron chi connectivity index (χ1n) is 7.69. The lowest BCUT2D eigenvalue weighted by atomic mass is 10.00. The summed E-state index contributed by atoms with van der Waals surface area (Å²) >= 11 is 6.15. The minimum atomic E-state index is -0.0573. The van der Waals surface area contributed by atoms with E-state index in [1.165, 1.54) is 0 Å². The van der Waals surface area contributed by atoms with E-state index in [0.29, 0.717) is 30.2 Å². The van der Waals surface area contributed by atoms with Gasteiger partial charge in [0.2, 0.25) is 5.91 Å². The third-order valence-corrected chi connectivity index (χ3v) is 4.34. The Morgan fingerprint density at radius 2 is 2.09 bits per heavy atom. The molecule has 3 rings (SSSR count). The summed E-state index contributed by atoms with van der Waals surface area (Å²) in [4.78, 5) is 12.3. The van der Waals surface area contributed by atoms with E-state index in [4.69, 9.17) is 22.1 Å². The number of carbonyl (C=O) groups excluding carboxylic acids is 1. The number of hydrogen-bond donors (Lipinski definition) is 2. The number of para-hydroxylation sites is 2. The van der Waals surface area contributed by atoms with Crippen LogP contribution < -0.4 is 15.8 Å². The van der Waals surface area contributed by atoms with Crippen LogP contribution in [0.5, 0.6) is 5.75 Å². The largest absolute Gasteiger partial charge is 0.492 e. The zero-order chi connectivity index (χ0) is 16.2. The van der Waals surface area contributed by atoms with Gasteiger partial charge in [0.05, 0.1) is 17.7 Å². The molecule has 2 aromatic rings. The van der Waals surface area contributed by atoms with Crippen molar-refractivity contribution in [3.8, 4) is 5.75 Å². The summed E-state index contributed by atoms with van der Waals surface area (Å²) in [6.07, 6.45) is 1.78. The Kier molecular flexibility index (Phi) is 4.72. The minimum absolute atomic E-state index is 0.00563. The van der Waals surface area contributed by atoms with Crippen molar-refractivity contribution in [1.82, 2.24) is 5.32 Å². The number of aryl methyl sites for hydroxylation is 1. The number of halogens is 1. The molecule has 5 heteroatoms. The normalized spacial score (nSPS) is 16.3. The second-order valence-corrected chi connectivity index (χ2v) is 6.02. The van der Waals surface area contributed by atoms with Crippen LogP contribution in [0.15, 0.2) is 42.5 Å². The maximum absolute atomic E-state index is 12.3. The van der Waals surface area contributed by atoms with Gasteiger partial charge < -0.3 is 15.8 Å². The fraction of sp³-hybridized carbons (Fsp3) is 0.278. The van der Waals surface area contributed by atoms with Crippen LogP contribution in [-0.2, 0) is 11.2 Å². The van der Waals surface area contributed by atoms with Gasteiger partial charge in [0.1, 0.15) is 5.75 Å². The minimum Gasteiger partial charge on any atom is -0.492 e. The molecule has 0 radical (unpaired) electrons. The monoisotopic (exact) mass is 330 g/mol. The maximum atomic E-state index is 12.3. The number of ether oxygens (including phenoxy) is 1. The van der Waals surface area contributed by atoms with Gasteiger partial charge in [-0.1, -0.05) is 41.9 Å². The molecule has 1 aliphatic heterocycles. The van der Waals surface area contributed by atoms with Crippen LogP contribution in [0.2, 0.25) is 5.02 Å². The molecule has 0 saturated carbocycles. The predicted molar refractivity (Wildman–Crippen MR) is 91.6 cm³/mol. The van der Waals surface area contributed by atoms with Crippen molar-refractivity contribution in [3.63, 3.8) is 0 Å². The number of rotatable bonds is 4. The van der Waals surface area contributed by atoms with E-state index in [1.54, 1.807) is 6.07 Å². The van der Waals surface area contributed by atoms with E-state index in [0.717, 1.165) is 23.2 Å². The Hall–Kier alpha value is -2.20. The topological polar surface area (TPSA) is 64.4 Å². The van der Waals surface area contributed by atoms with Crippen LogP contribution in [-0.4, -0.2) is 12.5 Å². The highest BCUT2D eigenvalue weighted by Gasteiger charge is 2.24. The molecule has 120 valence electrons. The zero-order valence-corrected chi connectivity index (χ0v) is 13.5. The fourth-order valence-electron chi connectivity index (χ4n) is 2.81. The molecule has 1 amide bonds. The van der Waals surface area contributed by atoms with E-state index >= 15 is 0 Å². The van der Waals surface area contributed by atoms with Crippen molar-refractivity contribution in [2.45, 2.75) is 25.3 Å². The first kappa shape index (κ1) is 15.7. The van der Waals surface area contributed by atoms with Gasteiger partial charge >= 0.3 is 0 Å². The number of fused-ring (bicyclic) bond motifs is 1. The summed E-state index contributed by atoms with van der Waals surface area (Å²) in [7, 11) is 0. The molecule has 1 atom stereocenters. The molecule has 4 nitrogen and oxygen atoms in total. The molecule has 3 N–H and O–H groups in total. The van der Waals surface area contributed by atoms with Crippen molar-refractivity contribution >= 4 is 23.2 Å². The number of carbonyl (C=O) groups is 1. The van der Waals surface area contributed by atoms with Crippen molar-refractivity contribution < 1.29 is 9.53 Å². The Morgan fingerprint density at radius 1 is 1.26 bits per heavy atom. The Morgan fingerprint density at radius 3 is 2.91 bits per heavy atom.